The van der Waals surface area contributed by atoms with E-state index < -0.39 is 5.60 Å². The zero-order valence-corrected chi connectivity index (χ0v) is 16.3. The normalized spacial score (nSPS) is 19.0. The van der Waals surface area contributed by atoms with Crippen molar-refractivity contribution in [3.05, 3.63) is 23.8 Å². The van der Waals surface area contributed by atoms with Gasteiger partial charge >= 0.3 is 6.03 Å². The molecule has 25 heavy (non-hydrogen) atoms. The van der Waals surface area contributed by atoms with E-state index in [4.69, 9.17) is 0 Å². The van der Waals surface area contributed by atoms with Crippen molar-refractivity contribution in [3.8, 4) is 0 Å². The second-order valence-corrected chi connectivity index (χ2v) is 7.86. The quantitative estimate of drug-likeness (QED) is 0.877. The summed E-state index contributed by atoms with van der Waals surface area (Å²) in [6.07, 6.45) is 0. The second-order valence-electron chi connectivity index (χ2n) is 7.86. The smallest absolute Gasteiger partial charge is 0.322 e. The number of β-amino-alcohol motifs (C(OH)–C–C–N with tert-alkyl or cyclic N) is 1. The summed E-state index contributed by atoms with van der Waals surface area (Å²) in [7, 11) is 4.00. The fraction of sp³-hybridized carbons (Fsp3) is 0.632. The molecule has 0 aromatic heterocycles. The van der Waals surface area contributed by atoms with E-state index in [1.165, 1.54) is 0 Å². The van der Waals surface area contributed by atoms with E-state index in [1.54, 1.807) is 0 Å². The van der Waals surface area contributed by atoms with E-state index in [0.717, 1.165) is 30.0 Å². The van der Waals surface area contributed by atoms with Gasteiger partial charge in [-0.05, 0) is 45.4 Å². The van der Waals surface area contributed by atoms with E-state index >= 15 is 0 Å². The topological polar surface area (TPSA) is 59.1 Å². The second kappa shape index (κ2) is 7.62. The molecule has 6 heteroatoms. The van der Waals surface area contributed by atoms with Crippen molar-refractivity contribution >= 4 is 17.4 Å². The Morgan fingerprint density at radius 2 is 2.04 bits per heavy atom. The highest BCUT2D eigenvalue weighted by molar-refractivity contribution is 5.91. The van der Waals surface area contributed by atoms with Crippen molar-refractivity contribution in [1.29, 1.82) is 0 Å². The summed E-state index contributed by atoms with van der Waals surface area (Å²) in [6, 6.07) is 5.99. The van der Waals surface area contributed by atoms with Gasteiger partial charge in [0.1, 0.15) is 0 Å². The molecule has 0 radical (unpaired) electrons. The number of carbonyl (C=O) groups is 1. The number of piperazine rings is 1. The molecule has 1 atom stereocenters. The molecule has 1 aromatic carbocycles. The molecule has 1 heterocycles. The third-order valence-corrected chi connectivity index (χ3v) is 4.61. The molecule has 2 amide bonds. The van der Waals surface area contributed by atoms with E-state index in [-0.39, 0.29) is 12.1 Å². The predicted octanol–water partition coefficient (Wildman–Crippen LogP) is 2.37. The summed E-state index contributed by atoms with van der Waals surface area (Å²) in [6.45, 7) is 10.5. The molecule has 0 bridgehead atoms. The minimum Gasteiger partial charge on any atom is -0.389 e. The molecule has 1 aliphatic rings. The fourth-order valence-corrected chi connectivity index (χ4v) is 3.46. The van der Waals surface area contributed by atoms with Crippen molar-refractivity contribution in [1.82, 2.24) is 9.80 Å². The van der Waals surface area contributed by atoms with Gasteiger partial charge in [0, 0.05) is 57.7 Å². The Balaban J connectivity index is 2.02. The van der Waals surface area contributed by atoms with Gasteiger partial charge in [-0.25, -0.2) is 4.79 Å². The van der Waals surface area contributed by atoms with Crippen LogP contribution in [0.15, 0.2) is 18.2 Å². The highest BCUT2D eigenvalue weighted by atomic mass is 16.3. The summed E-state index contributed by atoms with van der Waals surface area (Å²) in [5.41, 5.74) is 2.30. The van der Waals surface area contributed by atoms with Crippen LogP contribution in [0.25, 0.3) is 0 Å². The number of nitrogens with zero attached hydrogens (tertiary/aromatic N) is 3. The number of hydrogen-bond donors (Lipinski definition) is 2. The maximum atomic E-state index is 12.7. The van der Waals surface area contributed by atoms with Gasteiger partial charge < -0.3 is 20.2 Å². The summed E-state index contributed by atoms with van der Waals surface area (Å²) >= 11 is 0. The Morgan fingerprint density at radius 1 is 1.36 bits per heavy atom. The average molecular weight is 348 g/mol. The first-order chi connectivity index (χ1) is 11.6. The molecule has 1 aliphatic heterocycles. The van der Waals surface area contributed by atoms with Crippen molar-refractivity contribution in [2.45, 2.75) is 39.3 Å². The van der Waals surface area contributed by atoms with Gasteiger partial charge in [-0.1, -0.05) is 6.07 Å². The first-order valence-corrected chi connectivity index (χ1v) is 8.88. The largest absolute Gasteiger partial charge is 0.389 e. The maximum absolute atomic E-state index is 12.7. The Hall–Kier alpha value is -1.79. The average Bonchev–Trinajstić information content (AvgIpc) is 2.47. The van der Waals surface area contributed by atoms with E-state index in [2.05, 4.69) is 17.1 Å². The lowest BCUT2D eigenvalue weighted by atomic mass is 10.1. The third kappa shape index (κ3) is 5.09. The lowest BCUT2D eigenvalue weighted by molar-refractivity contribution is 0.0130. The van der Waals surface area contributed by atoms with Crippen LogP contribution >= 0.6 is 0 Å². The van der Waals surface area contributed by atoms with Crippen LogP contribution in [0, 0.1) is 6.92 Å². The monoisotopic (exact) mass is 348 g/mol. The Labute approximate surface area is 151 Å². The Morgan fingerprint density at radius 3 is 2.60 bits per heavy atom. The number of hydrogen-bond acceptors (Lipinski definition) is 4. The fourth-order valence-electron chi connectivity index (χ4n) is 3.46. The molecule has 1 fully saturated rings. The lowest BCUT2D eigenvalue weighted by Gasteiger charge is -2.41. The molecule has 0 spiro atoms. The first-order valence-electron chi connectivity index (χ1n) is 8.88. The molecule has 2 N–H and O–H groups in total. The van der Waals surface area contributed by atoms with Crippen LogP contribution in [0.2, 0.25) is 0 Å². The van der Waals surface area contributed by atoms with Crippen molar-refractivity contribution < 1.29 is 9.90 Å². The van der Waals surface area contributed by atoms with Crippen molar-refractivity contribution in [2.24, 2.45) is 0 Å². The highest BCUT2D eigenvalue weighted by Crippen LogP contribution is 2.26. The van der Waals surface area contributed by atoms with Crippen molar-refractivity contribution in [2.75, 3.05) is 50.5 Å². The van der Waals surface area contributed by atoms with Crippen LogP contribution in [-0.2, 0) is 0 Å². The van der Waals surface area contributed by atoms with Gasteiger partial charge in [0.2, 0.25) is 0 Å². The zero-order valence-electron chi connectivity index (χ0n) is 16.3. The lowest BCUT2D eigenvalue weighted by Crippen LogP contribution is -2.57. The zero-order chi connectivity index (χ0) is 18.8. The first kappa shape index (κ1) is 19.5. The van der Waals surface area contributed by atoms with Crippen LogP contribution in [0.4, 0.5) is 16.2 Å². The molecule has 1 aromatic rings. The Kier molecular flexibility index (Phi) is 5.95. The van der Waals surface area contributed by atoms with Gasteiger partial charge in [-0.2, -0.15) is 0 Å². The molecule has 0 saturated carbocycles. The number of urea groups is 1. The molecule has 140 valence electrons. The number of rotatable bonds is 4. The van der Waals surface area contributed by atoms with E-state index in [9.17, 15) is 9.90 Å². The van der Waals surface area contributed by atoms with Gasteiger partial charge in [0.25, 0.3) is 0 Å². The number of aliphatic hydroxyl groups is 1. The molecule has 2 rings (SSSR count). The molecule has 1 saturated heterocycles. The summed E-state index contributed by atoms with van der Waals surface area (Å²) in [5, 5.41) is 13.0. The number of benzene rings is 1. The highest BCUT2D eigenvalue weighted by Gasteiger charge is 2.30. The van der Waals surface area contributed by atoms with Crippen LogP contribution in [-0.4, -0.2) is 72.9 Å². The van der Waals surface area contributed by atoms with E-state index in [0.29, 0.717) is 13.1 Å². The summed E-state index contributed by atoms with van der Waals surface area (Å²) in [5.74, 6) is 0. The van der Waals surface area contributed by atoms with Gasteiger partial charge in [-0.15, -0.1) is 0 Å². The molecule has 0 aliphatic carbocycles. The SMILES string of the molecule is Cc1c(NC(=O)N2CCN(CC(C)(C)O)C[C@H]2C)cccc1N(C)C. The third-order valence-electron chi connectivity index (χ3n) is 4.61. The van der Waals surface area contributed by atoms with Gasteiger partial charge in [-0.3, -0.25) is 4.90 Å². The number of anilines is 2. The maximum Gasteiger partial charge on any atom is 0.322 e. The van der Waals surface area contributed by atoms with Crippen LogP contribution in [0.3, 0.4) is 0 Å². The number of amides is 2. The standard InChI is InChI=1S/C19H32N4O2/c1-14-12-22(13-19(3,4)25)10-11-23(14)18(24)20-16-8-7-9-17(15(16)2)21(5)6/h7-9,14,25H,10-13H2,1-6H3,(H,20,24)/t14-/m1/s1. The molecule has 6 nitrogen and oxygen atoms in total. The van der Waals surface area contributed by atoms with E-state index in [1.807, 2.05) is 62.9 Å². The van der Waals surface area contributed by atoms with Gasteiger partial charge in [0.15, 0.2) is 0 Å². The van der Waals surface area contributed by atoms with Crippen molar-refractivity contribution in [3.63, 3.8) is 0 Å². The summed E-state index contributed by atoms with van der Waals surface area (Å²) in [4.78, 5) is 18.9. The minimum atomic E-state index is -0.714. The number of carbonyl (C=O) groups excluding carboxylic acids is 1. The van der Waals surface area contributed by atoms with Crippen LogP contribution < -0.4 is 10.2 Å². The van der Waals surface area contributed by atoms with Gasteiger partial charge in [0.05, 0.1) is 5.60 Å². The number of nitrogens with one attached hydrogen (secondary N) is 1. The molecular formula is C19H32N4O2. The molecular weight excluding hydrogens is 316 g/mol. The predicted molar refractivity (Wildman–Crippen MR) is 103 cm³/mol. The van der Waals surface area contributed by atoms with Crippen LogP contribution in [0.5, 0.6) is 0 Å². The Bertz CT molecular complexity index is 610. The summed E-state index contributed by atoms with van der Waals surface area (Å²) < 4.78 is 0. The molecule has 0 unspecified atom stereocenters. The van der Waals surface area contributed by atoms with Crippen LogP contribution in [0.1, 0.15) is 26.3 Å². The minimum absolute atomic E-state index is 0.0607.